The van der Waals surface area contributed by atoms with Crippen LogP contribution in [0.4, 0.5) is 92.2 Å². The largest absolute Gasteiger partial charge is 0.388 e. The van der Waals surface area contributed by atoms with E-state index < -0.39 is 66.7 Å². The molecule has 0 aromatic heterocycles. The van der Waals surface area contributed by atoms with E-state index in [-0.39, 0.29) is 88.1 Å². The molecule has 0 radical (unpaired) electrons. The highest BCUT2D eigenvalue weighted by Gasteiger charge is 2.56. The first-order chi connectivity index (χ1) is 52.0. The molecular formula is C92H185F21. The molecule has 7 rings (SSSR count). The number of hydrogen-bond acceptors (Lipinski definition) is 0. The van der Waals surface area contributed by atoms with Crippen LogP contribution in [0.25, 0.3) is 0 Å². The van der Waals surface area contributed by atoms with E-state index in [4.69, 9.17) is 0 Å². The van der Waals surface area contributed by atoms with Gasteiger partial charge in [0.25, 0.3) is 17.8 Å². The monoisotopic (exact) mass is 1690 g/mol. The van der Waals surface area contributed by atoms with Gasteiger partial charge in [0.2, 0.25) is 30.1 Å². The lowest BCUT2D eigenvalue weighted by molar-refractivity contribution is -0.130. The Morgan fingerprint density at radius 3 is 0.761 bits per heavy atom. The molecule has 0 saturated heterocycles. The summed E-state index contributed by atoms with van der Waals surface area (Å²) < 4.78 is 245. The van der Waals surface area contributed by atoms with Crippen molar-refractivity contribution in [1.29, 1.82) is 0 Å². The normalized spacial score (nSPS) is 17.3. The zero-order chi connectivity index (χ0) is 91.3. The van der Waals surface area contributed by atoms with Crippen LogP contribution in [0.3, 0.4) is 0 Å². The van der Waals surface area contributed by atoms with Crippen molar-refractivity contribution in [3.63, 3.8) is 0 Å². The van der Waals surface area contributed by atoms with Gasteiger partial charge in [-0.3, -0.25) is 4.39 Å². The fourth-order valence-corrected chi connectivity index (χ4v) is 8.78. The lowest BCUT2D eigenvalue weighted by Gasteiger charge is -2.33. The second-order valence-corrected chi connectivity index (χ2v) is 32.5. The lowest BCUT2D eigenvalue weighted by atomic mass is 9.80. The Bertz CT molecular complexity index is 1710. The van der Waals surface area contributed by atoms with E-state index in [9.17, 15) is 92.2 Å². The summed E-state index contributed by atoms with van der Waals surface area (Å²) in [6.07, 6.45) is 28.3. The van der Waals surface area contributed by atoms with Crippen molar-refractivity contribution in [2.75, 3.05) is 6.67 Å². The molecule has 7 aliphatic rings. The minimum Gasteiger partial charge on any atom is -0.251 e. The van der Waals surface area contributed by atoms with Gasteiger partial charge in [-0.2, -0.15) is 13.2 Å². The predicted molar refractivity (Wildman–Crippen MR) is 451 cm³/mol. The molecule has 7 fully saturated rings. The van der Waals surface area contributed by atoms with Crippen molar-refractivity contribution < 1.29 is 92.2 Å². The summed E-state index contributed by atoms with van der Waals surface area (Å²) in [7, 11) is 0. The molecular weight excluding hydrogens is 1500 g/mol. The number of hydrogen-bond donors (Lipinski definition) is 0. The molecule has 2 unspecified atom stereocenters. The maximum absolute atomic E-state index is 12.3. The van der Waals surface area contributed by atoms with Gasteiger partial charge in [-0.15, -0.1) is 0 Å². The highest BCUT2D eigenvalue weighted by Crippen LogP contribution is 2.52. The average Bonchev–Trinajstić information content (AvgIpc) is 1.64. The van der Waals surface area contributed by atoms with E-state index in [1.165, 1.54) is 123 Å². The molecule has 0 aromatic carbocycles. The van der Waals surface area contributed by atoms with Gasteiger partial charge in [0.05, 0.1) is 12.8 Å². The van der Waals surface area contributed by atoms with Gasteiger partial charge >= 0.3 is 6.18 Å². The molecule has 0 N–H and O–H groups in total. The van der Waals surface area contributed by atoms with E-state index in [0.717, 1.165) is 108 Å². The zero-order valence-electron chi connectivity index (χ0n) is 78.3. The summed E-state index contributed by atoms with van der Waals surface area (Å²) in [6, 6.07) is 0. The van der Waals surface area contributed by atoms with Gasteiger partial charge < -0.3 is 0 Å². The molecule has 700 valence electrons. The average molecular weight is 1690 g/mol. The second kappa shape index (κ2) is 84.1. The number of unbranched alkanes of at least 4 members (excludes halogenated alkanes) is 4. The third kappa shape index (κ3) is 129. The van der Waals surface area contributed by atoms with Crippen LogP contribution in [0.5, 0.6) is 0 Å². The van der Waals surface area contributed by atoms with Gasteiger partial charge in [-0.05, 0) is 107 Å². The summed E-state index contributed by atoms with van der Waals surface area (Å²) >= 11 is 0. The zero-order valence-corrected chi connectivity index (χ0v) is 78.3. The van der Waals surface area contributed by atoms with E-state index in [0.29, 0.717) is 44.4 Å². The maximum Gasteiger partial charge on any atom is 0.388 e. The van der Waals surface area contributed by atoms with E-state index >= 15 is 0 Å². The van der Waals surface area contributed by atoms with Crippen molar-refractivity contribution in [3.8, 4) is 0 Å². The van der Waals surface area contributed by atoms with Crippen LogP contribution in [0.2, 0.25) is 0 Å². The number of halogens is 21. The standard InChI is InChI=1S/3C6H10F2.C6H12.3C6H14.2C5H8F2.2C5H10F2.2C5H11F.C5H10.C5H12.C4H8F2.C3H5F3.C3H8/c1-2-5-3-6(7,8)4-5;1-2-6(7,8)5-3-4-5;1-2-3-5-4-6(5,7)8;1-2-3-6-4-5-6;2*1-4-5-6(2)3;1-4-6(3)5-2;1-5(6,7)4-2-3-4;1-2-4-3-5(4,6)7;1-3-4-5(2,6)7;1-3-5(6,7)4-2;1-3-5(6)4-2;1-2-3-4-5-6;1-2-5-3-4-5;1-3-5-4-2;1-2-3-4(5)6;1-2-3(4,5)6;1-3-2/h3*5H,2-4H2,1H3;6H,2-5H2,1H3;3*6H,4-5H2,1-3H3;2*4H,2-3H2,1H3;2*3-4H2,1-2H3;5H,3-4H2,1-2H3;2-5H2,1H3;5H,2-4H2,1H3;3-5H2,1-2H3;4H,2-3H2,1H3;2H2,1H3;3H2,1-2H3. The van der Waals surface area contributed by atoms with Crippen LogP contribution in [0, 0.1) is 59.2 Å². The number of alkyl halides is 21. The van der Waals surface area contributed by atoms with Crippen LogP contribution in [-0.2, 0) is 0 Å². The Labute approximate surface area is 685 Å². The van der Waals surface area contributed by atoms with E-state index in [1.807, 2.05) is 27.7 Å². The van der Waals surface area contributed by atoms with Gasteiger partial charge in [-0.25, -0.2) is 74.6 Å². The van der Waals surface area contributed by atoms with E-state index in [1.54, 1.807) is 27.7 Å². The van der Waals surface area contributed by atoms with Gasteiger partial charge in [0, 0.05) is 87.9 Å². The predicted octanol–water partition coefficient (Wildman–Crippen LogP) is 39.6. The first-order valence-electron chi connectivity index (χ1n) is 45.2. The Kier molecular flexibility index (Phi) is 100. The summed E-state index contributed by atoms with van der Waals surface area (Å²) in [5, 5.41) is 0. The summed E-state index contributed by atoms with van der Waals surface area (Å²) in [6.45, 7) is 55.7. The Morgan fingerprint density at radius 1 is 0.363 bits per heavy atom. The fourth-order valence-electron chi connectivity index (χ4n) is 8.78. The summed E-state index contributed by atoms with van der Waals surface area (Å²) in [5.74, 6) is -12.3. The lowest BCUT2D eigenvalue weighted by Crippen LogP contribution is -2.34. The van der Waals surface area contributed by atoms with Crippen LogP contribution in [0.1, 0.15) is 470 Å². The highest BCUT2D eigenvalue weighted by atomic mass is 19.4. The molecule has 0 aromatic rings. The van der Waals surface area contributed by atoms with Gasteiger partial charge in [-0.1, -0.05) is 335 Å². The molecule has 0 heterocycles. The summed E-state index contributed by atoms with van der Waals surface area (Å²) in [5.41, 5.74) is 0. The maximum atomic E-state index is 12.3. The Balaban J connectivity index is -0.000000109. The molecule has 21 heteroatoms. The molecule has 2 atom stereocenters. The fraction of sp³-hybridized carbons (Fsp3) is 1.00. The third-order valence-electron chi connectivity index (χ3n) is 18.5. The molecule has 0 bridgehead atoms. The Morgan fingerprint density at radius 2 is 0.717 bits per heavy atom. The highest BCUT2D eigenvalue weighted by molar-refractivity contribution is 4.94. The molecule has 7 saturated carbocycles. The number of rotatable bonds is 29. The molecule has 7 aliphatic carbocycles. The quantitative estimate of drug-likeness (QED) is 0.0517. The van der Waals surface area contributed by atoms with Crippen LogP contribution in [-0.4, -0.2) is 66.9 Å². The molecule has 0 amide bonds. The van der Waals surface area contributed by atoms with E-state index in [2.05, 4.69) is 111 Å². The molecule has 0 spiro atoms. The second-order valence-electron chi connectivity index (χ2n) is 32.5. The van der Waals surface area contributed by atoms with Crippen molar-refractivity contribution in [3.05, 3.63) is 0 Å². The smallest absolute Gasteiger partial charge is 0.251 e. The topological polar surface area (TPSA) is 0 Å². The molecule has 0 aliphatic heterocycles. The Hall–Kier alpha value is -1.47. The molecule has 113 heavy (non-hydrogen) atoms. The third-order valence-corrected chi connectivity index (χ3v) is 18.5. The van der Waals surface area contributed by atoms with Crippen LogP contribution >= 0.6 is 0 Å². The first-order valence-corrected chi connectivity index (χ1v) is 45.2. The van der Waals surface area contributed by atoms with Crippen molar-refractivity contribution in [1.82, 2.24) is 0 Å². The molecule has 0 nitrogen and oxygen atoms in total. The summed E-state index contributed by atoms with van der Waals surface area (Å²) in [4.78, 5) is 0. The van der Waals surface area contributed by atoms with Crippen LogP contribution < -0.4 is 0 Å². The van der Waals surface area contributed by atoms with Crippen molar-refractivity contribution >= 4 is 0 Å². The van der Waals surface area contributed by atoms with Crippen LogP contribution in [0.15, 0.2) is 0 Å². The first kappa shape index (κ1) is 135. The SMILES string of the molecule is CC(F)(F)C1CC1.CCC.CCC(C)CC.CCC(F)(F)C1CC1.CCC(F)(F)CC.CCC(F)(F)F.CCC(F)CC.CCC1CC(F)(F)C1.CCC1CC1.CCC1CC1(F)F.CCCC(C)(F)F.CCCC(C)C.CCCC(C)C.CCCC(F)F.CCCC1CC1.CCCC1CC1(F)F.CCCCC.CCCCCF. The van der Waals surface area contributed by atoms with Gasteiger partial charge in [0.15, 0.2) is 0 Å². The van der Waals surface area contributed by atoms with Crippen molar-refractivity contribution in [2.45, 2.75) is 531 Å². The van der Waals surface area contributed by atoms with Crippen molar-refractivity contribution in [2.24, 2.45) is 59.2 Å². The van der Waals surface area contributed by atoms with Gasteiger partial charge in [0.1, 0.15) is 0 Å². The minimum atomic E-state index is -3.96. The minimum absolute atomic E-state index is 0.00694.